The Morgan fingerprint density at radius 2 is 2.07 bits per heavy atom. The van der Waals surface area contributed by atoms with Crippen LogP contribution in [0.3, 0.4) is 0 Å². The molecule has 0 atom stereocenters. The van der Waals surface area contributed by atoms with E-state index in [1.54, 1.807) is 25.1 Å². The first-order chi connectivity index (χ1) is 13.1. The van der Waals surface area contributed by atoms with Gasteiger partial charge in [-0.15, -0.1) is 0 Å². The molecule has 7 nitrogen and oxygen atoms in total. The molecule has 1 heterocycles. The fourth-order valence-corrected chi connectivity index (χ4v) is 2.75. The van der Waals surface area contributed by atoms with Crippen LogP contribution in [0.4, 0.5) is 0 Å². The summed E-state index contributed by atoms with van der Waals surface area (Å²) >= 11 is 5.96. The molecular formula is C19H19ClN2O5. The number of ether oxygens (including phenoxy) is 3. The van der Waals surface area contributed by atoms with Gasteiger partial charge in [-0.3, -0.25) is 4.79 Å². The average molecular weight is 391 g/mol. The van der Waals surface area contributed by atoms with Crippen LogP contribution in [0.25, 0.3) is 0 Å². The van der Waals surface area contributed by atoms with Gasteiger partial charge in [0.15, 0.2) is 23.0 Å². The van der Waals surface area contributed by atoms with Crippen molar-refractivity contribution >= 4 is 23.7 Å². The number of rotatable bonds is 6. The molecular weight excluding hydrogens is 372 g/mol. The normalized spacial score (nSPS) is 12.8. The van der Waals surface area contributed by atoms with Crippen molar-refractivity contribution in [1.29, 1.82) is 0 Å². The molecule has 0 fully saturated rings. The second-order valence-corrected chi connectivity index (χ2v) is 6.14. The topological polar surface area (TPSA) is 89.4 Å². The molecule has 0 aliphatic carbocycles. The summed E-state index contributed by atoms with van der Waals surface area (Å²) in [4.78, 5) is 12.1. The number of phenolic OH excluding ortho intramolecular Hbond substituents is 1. The van der Waals surface area contributed by atoms with Crippen molar-refractivity contribution in [2.45, 2.75) is 13.3 Å². The van der Waals surface area contributed by atoms with E-state index in [0.717, 1.165) is 5.56 Å². The molecule has 1 aliphatic rings. The van der Waals surface area contributed by atoms with Gasteiger partial charge in [-0.05, 0) is 42.3 Å². The van der Waals surface area contributed by atoms with E-state index in [2.05, 4.69) is 10.5 Å². The predicted octanol–water partition coefficient (Wildman–Crippen LogP) is 2.91. The number of amides is 1. The van der Waals surface area contributed by atoms with E-state index >= 15 is 0 Å². The van der Waals surface area contributed by atoms with E-state index < -0.39 is 0 Å². The van der Waals surface area contributed by atoms with Gasteiger partial charge in [-0.25, -0.2) is 5.43 Å². The molecule has 2 aromatic rings. The van der Waals surface area contributed by atoms with E-state index in [-0.39, 0.29) is 28.8 Å². The third kappa shape index (κ3) is 4.83. The predicted molar refractivity (Wildman–Crippen MR) is 101 cm³/mol. The van der Waals surface area contributed by atoms with Crippen LogP contribution in [-0.2, 0) is 11.2 Å². The zero-order chi connectivity index (χ0) is 19.2. The molecule has 0 unspecified atom stereocenters. The minimum absolute atomic E-state index is 0.127. The van der Waals surface area contributed by atoms with Crippen molar-refractivity contribution in [3.8, 4) is 23.0 Å². The maximum Gasteiger partial charge on any atom is 0.244 e. The van der Waals surface area contributed by atoms with Crippen LogP contribution in [0, 0.1) is 0 Å². The molecule has 8 heteroatoms. The summed E-state index contributed by atoms with van der Waals surface area (Å²) in [5, 5.41) is 13.9. The Kier molecular flexibility index (Phi) is 6.03. The van der Waals surface area contributed by atoms with Gasteiger partial charge < -0.3 is 19.3 Å². The number of fused-ring (bicyclic) bond motifs is 1. The van der Waals surface area contributed by atoms with Gasteiger partial charge in [0.05, 0.1) is 24.3 Å². The SMILES string of the molecule is CCOc1cc(/C=N/NC(=O)Cc2ccc3c(c2)OCCO3)cc(Cl)c1O. The molecule has 0 spiro atoms. The molecule has 3 rings (SSSR count). The van der Waals surface area contributed by atoms with Crippen LogP contribution in [0.15, 0.2) is 35.4 Å². The van der Waals surface area contributed by atoms with Crippen LogP contribution in [0.1, 0.15) is 18.1 Å². The number of aromatic hydroxyl groups is 1. The highest BCUT2D eigenvalue weighted by Crippen LogP contribution is 2.34. The number of nitrogens with one attached hydrogen (secondary N) is 1. The van der Waals surface area contributed by atoms with Gasteiger partial charge in [0, 0.05) is 0 Å². The number of carbonyl (C=O) groups excluding carboxylic acids is 1. The van der Waals surface area contributed by atoms with Crippen LogP contribution < -0.4 is 19.6 Å². The molecule has 0 aromatic heterocycles. The molecule has 27 heavy (non-hydrogen) atoms. The molecule has 1 amide bonds. The molecule has 0 saturated heterocycles. The first-order valence-corrected chi connectivity index (χ1v) is 8.80. The molecule has 2 N–H and O–H groups in total. The van der Waals surface area contributed by atoms with E-state index in [1.807, 2.05) is 6.07 Å². The second-order valence-electron chi connectivity index (χ2n) is 5.73. The van der Waals surface area contributed by atoms with Gasteiger partial charge in [0.2, 0.25) is 5.91 Å². The highest BCUT2D eigenvalue weighted by atomic mass is 35.5. The van der Waals surface area contributed by atoms with Crippen LogP contribution in [0.2, 0.25) is 5.02 Å². The summed E-state index contributed by atoms with van der Waals surface area (Å²) in [6.07, 6.45) is 1.57. The zero-order valence-electron chi connectivity index (χ0n) is 14.7. The largest absolute Gasteiger partial charge is 0.503 e. The maximum atomic E-state index is 12.1. The minimum Gasteiger partial charge on any atom is -0.503 e. The summed E-state index contributed by atoms with van der Waals surface area (Å²) in [5.41, 5.74) is 3.83. The van der Waals surface area contributed by atoms with Crippen molar-refractivity contribution in [1.82, 2.24) is 5.43 Å². The van der Waals surface area contributed by atoms with Crippen molar-refractivity contribution in [3.05, 3.63) is 46.5 Å². The van der Waals surface area contributed by atoms with E-state index in [1.165, 1.54) is 12.3 Å². The molecule has 2 aromatic carbocycles. The Bertz CT molecular complexity index is 869. The average Bonchev–Trinajstić information content (AvgIpc) is 2.66. The smallest absolute Gasteiger partial charge is 0.244 e. The van der Waals surface area contributed by atoms with Crippen molar-refractivity contribution in [2.75, 3.05) is 19.8 Å². The Morgan fingerprint density at radius 1 is 1.30 bits per heavy atom. The number of phenols is 1. The zero-order valence-corrected chi connectivity index (χ0v) is 15.5. The number of carbonyl (C=O) groups is 1. The fraction of sp³-hybridized carbons (Fsp3) is 0.263. The summed E-state index contributed by atoms with van der Waals surface area (Å²) in [6.45, 7) is 3.20. The summed E-state index contributed by atoms with van der Waals surface area (Å²) in [7, 11) is 0. The highest BCUT2D eigenvalue weighted by molar-refractivity contribution is 6.32. The molecule has 0 saturated carbocycles. The lowest BCUT2D eigenvalue weighted by atomic mass is 10.1. The van der Waals surface area contributed by atoms with Crippen molar-refractivity contribution in [2.24, 2.45) is 5.10 Å². The van der Waals surface area contributed by atoms with Gasteiger partial charge in [0.1, 0.15) is 13.2 Å². The summed E-state index contributed by atoms with van der Waals surface area (Å²) < 4.78 is 16.3. The van der Waals surface area contributed by atoms with Gasteiger partial charge in [-0.1, -0.05) is 17.7 Å². The Morgan fingerprint density at radius 3 is 2.85 bits per heavy atom. The van der Waals surface area contributed by atoms with E-state index in [9.17, 15) is 9.90 Å². The number of hydrogen-bond acceptors (Lipinski definition) is 6. The van der Waals surface area contributed by atoms with E-state index in [0.29, 0.717) is 36.9 Å². The van der Waals surface area contributed by atoms with Crippen LogP contribution in [0.5, 0.6) is 23.0 Å². The summed E-state index contributed by atoms with van der Waals surface area (Å²) in [6, 6.07) is 8.49. The highest BCUT2D eigenvalue weighted by Gasteiger charge is 2.13. The van der Waals surface area contributed by atoms with Crippen molar-refractivity contribution < 1.29 is 24.1 Å². The lowest BCUT2D eigenvalue weighted by Crippen LogP contribution is -2.20. The number of hydrazone groups is 1. The quantitative estimate of drug-likeness (QED) is 0.584. The summed E-state index contributed by atoms with van der Waals surface area (Å²) in [5.74, 6) is 1.17. The Labute approximate surface area is 161 Å². The third-order valence-electron chi connectivity index (χ3n) is 3.72. The first-order valence-electron chi connectivity index (χ1n) is 8.42. The van der Waals surface area contributed by atoms with Gasteiger partial charge in [0.25, 0.3) is 0 Å². The second kappa shape index (κ2) is 8.64. The Hall–Kier alpha value is -2.93. The minimum atomic E-state index is -0.280. The maximum absolute atomic E-state index is 12.1. The van der Waals surface area contributed by atoms with Crippen LogP contribution >= 0.6 is 11.6 Å². The number of nitrogens with zero attached hydrogens (tertiary/aromatic N) is 1. The fourth-order valence-electron chi connectivity index (χ4n) is 2.54. The number of halogens is 1. The first kappa shape index (κ1) is 18.8. The Balaban J connectivity index is 1.60. The van der Waals surface area contributed by atoms with Crippen molar-refractivity contribution in [3.63, 3.8) is 0 Å². The molecule has 0 bridgehead atoms. The molecule has 142 valence electrons. The lowest BCUT2D eigenvalue weighted by Gasteiger charge is -2.18. The number of benzene rings is 2. The third-order valence-corrected chi connectivity index (χ3v) is 4.01. The standard InChI is InChI=1S/C19H19ClN2O5/c1-2-25-17-9-13(7-14(20)19(17)24)11-21-22-18(23)10-12-3-4-15-16(8-12)27-6-5-26-15/h3-4,7-9,11,24H,2,5-6,10H2,1H3,(H,22,23)/b21-11+. The van der Waals surface area contributed by atoms with Crippen LogP contribution in [-0.4, -0.2) is 37.0 Å². The van der Waals surface area contributed by atoms with Gasteiger partial charge >= 0.3 is 0 Å². The molecule has 1 aliphatic heterocycles. The van der Waals surface area contributed by atoms with Gasteiger partial charge in [-0.2, -0.15) is 5.10 Å². The number of hydrogen-bond donors (Lipinski definition) is 2. The lowest BCUT2D eigenvalue weighted by molar-refractivity contribution is -0.120. The monoisotopic (exact) mass is 390 g/mol. The molecule has 0 radical (unpaired) electrons. The van der Waals surface area contributed by atoms with E-state index in [4.69, 9.17) is 25.8 Å².